The molecule has 0 unspecified atom stereocenters. The van der Waals surface area contributed by atoms with Gasteiger partial charge in [-0.25, -0.2) is 19.7 Å². The second-order valence-electron chi connectivity index (χ2n) is 11.2. The topological polar surface area (TPSA) is 156 Å². The molecule has 0 aromatic carbocycles. The number of rotatable bonds is 10. The van der Waals surface area contributed by atoms with Crippen molar-refractivity contribution in [3.05, 3.63) is 47.2 Å². The van der Waals surface area contributed by atoms with E-state index in [4.69, 9.17) is 14.5 Å². The van der Waals surface area contributed by atoms with E-state index in [1.807, 2.05) is 39.8 Å². The zero-order valence-electron chi connectivity index (χ0n) is 23.8. The number of aliphatic hydroxyl groups is 1. The van der Waals surface area contributed by atoms with Crippen molar-refractivity contribution in [3.63, 3.8) is 0 Å². The summed E-state index contributed by atoms with van der Waals surface area (Å²) in [6.45, 7) is 8.25. The second-order valence-corrected chi connectivity index (χ2v) is 12.3. The Labute approximate surface area is 243 Å². The minimum Gasteiger partial charge on any atom is -0.493 e. The molecule has 1 fully saturated rings. The van der Waals surface area contributed by atoms with Gasteiger partial charge >= 0.3 is 12.1 Å². The number of aliphatic carboxylic acids is 1. The first-order valence-corrected chi connectivity index (χ1v) is 14.5. The van der Waals surface area contributed by atoms with Crippen LogP contribution in [0, 0.1) is 12.8 Å². The summed E-state index contributed by atoms with van der Waals surface area (Å²) in [4.78, 5) is 37.4. The number of nitrogens with zero attached hydrogens (tertiary/aromatic N) is 3. The SMILES string of the molecule is Cc1cc(Nc2cc(OCCCNC(=O)OC(C)(C)C)ccn2)nc(-c2cnc(C3(O)CCC(C(=O)O)CC3)s2)c1. The van der Waals surface area contributed by atoms with Gasteiger partial charge < -0.3 is 30.3 Å². The van der Waals surface area contributed by atoms with E-state index < -0.39 is 29.2 Å². The van der Waals surface area contributed by atoms with Crippen LogP contribution in [-0.4, -0.2) is 56.0 Å². The fourth-order valence-corrected chi connectivity index (χ4v) is 5.51. The minimum absolute atomic E-state index is 0.370. The summed E-state index contributed by atoms with van der Waals surface area (Å²) in [5, 5.41) is 27.0. The first kappa shape index (κ1) is 30.2. The number of hydrogen-bond acceptors (Lipinski definition) is 10. The molecule has 3 heterocycles. The van der Waals surface area contributed by atoms with E-state index in [9.17, 15) is 19.8 Å². The van der Waals surface area contributed by atoms with Crippen molar-refractivity contribution in [2.24, 2.45) is 5.92 Å². The molecule has 0 radical (unpaired) electrons. The third-order valence-corrected chi connectivity index (χ3v) is 7.75. The number of alkyl carbamates (subject to hydrolysis) is 1. The summed E-state index contributed by atoms with van der Waals surface area (Å²) in [7, 11) is 0. The number of nitrogens with one attached hydrogen (secondary N) is 2. The van der Waals surface area contributed by atoms with Crippen LogP contribution in [0.5, 0.6) is 5.75 Å². The summed E-state index contributed by atoms with van der Waals surface area (Å²) in [6.07, 6.45) is 5.10. The van der Waals surface area contributed by atoms with Crippen molar-refractivity contribution in [1.29, 1.82) is 0 Å². The van der Waals surface area contributed by atoms with Crippen LogP contribution in [0.15, 0.2) is 36.7 Å². The van der Waals surface area contributed by atoms with Crippen molar-refractivity contribution >= 4 is 35.0 Å². The standard InChI is InChI=1S/C29H37N5O6S/c1-18-14-21(22-17-32-26(41-22)29(38)9-6-19(7-10-29)25(35)36)33-24(15-18)34-23-16-20(8-12-30-23)39-13-5-11-31-27(37)40-28(2,3)4/h8,12,14-17,19,38H,5-7,9-11,13H2,1-4H3,(H,31,37)(H,35,36)(H,30,33,34). The van der Waals surface area contributed by atoms with Crippen LogP contribution in [0.25, 0.3) is 10.6 Å². The summed E-state index contributed by atoms with van der Waals surface area (Å²) in [5.74, 6) is 0.566. The lowest BCUT2D eigenvalue weighted by molar-refractivity contribution is -0.145. The Balaban J connectivity index is 1.35. The zero-order valence-corrected chi connectivity index (χ0v) is 24.6. The van der Waals surface area contributed by atoms with E-state index in [1.165, 1.54) is 11.3 Å². The van der Waals surface area contributed by atoms with E-state index in [1.54, 1.807) is 24.5 Å². The van der Waals surface area contributed by atoms with E-state index in [2.05, 4.69) is 20.6 Å². The molecule has 3 aromatic heterocycles. The first-order valence-electron chi connectivity index (χ1n) is 13.6. The molecule has 12 heteroatoms. The fourth-order valence-electron chi connectivity index (χ4n) is 4.49. The maximum atomic E-state index is 11.7. The number of carboxylic acid groups (broad SMARTS) is 1. The highest BCUT2D eigenvalue weighted by Crippen LogP contribution is 2.42. The average Bonchev–Trinajstić information content (AvgIpc) is 3.39. The minimum atomic E-state index is -1.12. The normalized spacial score (nSPS) is 18.9. The molecule has 220 valence electrons. The van der Waals surface area contributed by atoms with Gasteiger partial charge in [0.05, 0.1) is 23.1 Å². The average molecular weight is 584 g/mol. The van der Waals surface area contributed by atoms with E-state index >= 15 is 0 Å². The lowest BCUT2D eigenvalue weighted by atomic mass is 9.79. The van der Waals surface area contributed by atoms with Gasteiger partial charge in [-0.1, -0.05) is 0 Å². The molecule has 0 bridgehead atoms. The summed E-state index contributed by atoms with van der Waals surface area (Å²) in [6, 6.07) is 7.39. The number of carbonyl (C=O) groups excluding carboxylic acids is 1. The molecule has 11 nitrogen and oxygen atoms in total. The molecule has 4 N–H and O–H groups in total. The Bertz CT molecular complexity index is 1360. The largest absolute Gasteiger partial charge is 0.493 e. The third kappa shape index (κ3) is 8.61. The van der Waals surface area contributed by atoms with Crippen molar-refractivity contribution in [3.8, 4) is 16.3 Å². The molecule has 1 aliphatic rings. The first-order chi connectivity index (χ1) is 19.4. The highest BCUT2D eigenvalue weighted by Gasteiger charge is 2.39. The van der Waals surface area contributed by atoms with Gasteiger partial charge in [-0.15, -0.1) is 11.3 Å². The second kappa shape index (κ2) is 12.8. The molecule has 0 aliphatic heterocycles. The summed E-state index contributed by atoms with van der Waals surface area (Å²) in [5.41, 5.74) is 0.0434. The number of ether oxygens (including phenoxy) is 2. The Morgan fingerprint density at radius 1 is 1.15 bits per heavy atom. The quantitative estimate of drug-likeness (QED) is 0.228. The molecular weight excluding hydrogens is 546 g/mol. The Kier molecular flexibility index (Phi) is 9.44. The number of aromatic nitrogens is 3. The predicted molar refractivity (Wildman–Crippen MR) is 155 cm³/mol. The van der Waals surface area contributed by atoms with Gasteiger partial charge in [0.1, 0.15) is 33.6 Å². The lowest BCUT2D eigenvalue weighted by Crippen LogP contribution is -2.33. The lowest BCUT2D eigenvalue weighted by Gasteiger charge is -2.32. The number of aryl methyl sites for hydroxylation is 1. The van der Waals surface area contributed by atoms with Gasteiger partial charge in [-0.3, -0.25) is 4.79 Å². The van der Waals surface area contributed by atoms with Gasteiger partial charge in [0, 0.05) is 25.0 Å². The van der Waals surface area contributed by atoms with E-state index in [0.29, 0.717) is 73.3 Å². The number of hydrogen-bond donors (Lipinski definition) is 4. The predicted octanol–water partition coefficient (Wildman–Crippen LogP) is 5.41. The number of amides is 1. The molecule has 0 atom stereocenters. The number of carboxylic acids is 1. The molecule has 41 heavy (non-hydrogen) atoms. The van der Waals surface area contributed by atoms with Crippen molar-refractivity contribution in [2.45, 2.75) is 71.0 Å². The molecular formula is C29H37N5O6S. The summed E-state index contributed by atoms with van der Waals surface area (Å²) < 4.78 is 11.0. The molecule has 3 aromatic rings. The van der Waals surface area contributed by atoms with Crippen LogP contribution in [0.4, 0.5) is 16.4 Å². The van der Waals surface area contributed by atoms with Crippen LogP contribution in [-0.2, 0) is 15.1 Å². The molecule has 0 spiro atoms. The third-order valence-electron chi connectivity index (χ3n) is 6.53. The van der Waals surface area contributed by atoms with Gasteiger partial charge in [0.25, 0.3) is 0 Å². The molecule has 1 saturated carbocycles. The fraction of sp³-hybridized carbons (Fsp3) is 0.483. The van der Waals surface area contributed by atoms with Gasteiger partial charge in [0.2, 0.25) is 0 Å². The smallest absolute Gasteiger partial charge is 0.407 e. The van der Waals surface area contributed by atoms with Crippen LogP contribution < -0.4 is 15.4 Å². The van der Waals surface area contributed by atoms with Crippen LogP contribution in [0.2, 0.25) is 0 Å². The van der Waals surface area contributed by atoms with Crippen LogP contribution in [0.1, 0.15) is 63.4 Å². The number of anilines is 2. The van der Waals surface area contributed by atoms with Gasteiger partial charge in [-0.05, 0) is 83.6 Å². The van der Waals surface area contributed by atoms with Crippen molar-refractivity contribution in [1.82, 2.24) is 20.3 Å². The van der Waals surface area contributed by atoms with Gasteiger partial charge in [-0.2, -0.15) is 0 Å². The van der Waals surface area contributed by atoms with Gasteiger partial charge in [0.15, 0.2) is 0 Å². The number of carbonyl (C=O) groups is 2. The van der Waals surface area contributed by atoms with Crippen molar-refractivity contribution in [2.75, 3.05) is 18.5 Å². The summed E-state index contributed by atoms with van der Waals surface area (Å²) >= 11 is 1.38. The monoisotopic (exact) mass is 583 g/mol. The maximum Gasteiger partial charge on any atom is 0.407 e. The highest BCUT2D eigenvalue weighted by molar-refractivity contribution is 7.15. The molecule has 0 saturated heterocycles. The number of pyridine rings is 2. The number of thiazole rings is 1. The molecule has 4 rings (SSSR count). The van der Waals surface area contributed by atoms with Crippen LogP contribution in [0.3, 0.4) is 0 Å². The Morgan fingerprint density at radius 2 is 1.90 bits per heavy atom. The Morgan fingerprint density at radius 3 is 2.61 bits per heavy atom. The highest BCUT2D eigenvalue weighted by atomic mass is 32.1. The maximum absolute atomic E-state index is 11.7. The Hall–Kier alpha value is -3.77. The molecule has 1 amide bonds. The van der Waals surface area contributed by atoms with Crippen LogP contribution >= 0.6 is 11.3 Å². The van der Waals surface area contributed by atoms with E-state index in [0.717, 1.165) is 10.4 Å². The van der Waals surface area contributed by atoms with E-state index in [-0.39, 0.29) is 0 Å². The van der Waals surface area contributed by atoms with Crippen molar-refractivity contribution < 1.29 is 29.3 Å². The zero-order chi connectivity index (χ0) is 29.6. The molecule has 1 aliphatic carbocycles.